The van der Waals surface area contributed by atoms with Gasteiger partial charge < -0.3 is 5.73 Å². The molecule has 0 unspecified atom stereocenters. The Morgan fingerprint density at radius 2 is 2.30 bits per heavy atom. The Bertz CT molecular complexity index is 262. The lowest BCUT2D eigenvalue weighted by molar-refractivity contribution is 0.0999. The highest BCUT2D eigenvalue weighted by atomic mass is 32.1. The summed E-state index contributed by atoms with van der Waals surface area (Å²) in [4.78, 5) is 14.9. The van der Waals surface area contributed by atoms with Crippen molar-refractivity contribution in [1.29, 1.82) is 0 Å². The number of hydrogen-bond acceptors (Lipinski definition) is 3. The van der Waals surface area contributed by atoms with Crippen LogP contribution in [0.5, 0.6) is 0 Å². The summed E-state index contributed by atoms with van der Waals surface area (Å²) in [6.07, 6.45) is 2.94. The van der Waals surface area contributed by atoms with Crippen molar-refractivity contribution in [2.45, 2.75) is 4.90 Å². The number of thiol groups is 1. The van der Waals surface area contributed by atoms with E-state index < -0.39 is 5.91 Å². The second kappa shape index (κ2) is 2.70. The number of carbonyl (C=O) groups excluding carboxylic acids is 1. The van der Waals surface area contributed by atoms with E-state index in [4.69, 9.17) is 5.73 Å². The number of pyridine rings is 1. The molecule has 0 fully saturated rings. The van der Waals surface area contributed by atoms with E-state index in [2.05, 4.69) is 17.6 Å². The smallest absolute Gasteiger partial charge is 0.250 e. The highest BCUT2D eigenvalue weighted by Crippen LogP contribution is 2.04. The van der Waals surface area contributed by atoms with E-state index >= 15 is 0 Å². The molecule has 4 heteroatoms. The van der Waals surface area contributed by atoms with Gasteiger partial charge in [-0.25, -0.2) is 0 Å². The number of rotatable bonds is 1. The zero-order chi connectivity index (χ0) is 7.56. The number of aromatic nitrogens is 1. The molecular formula is C6H6N2OS. The summed E-state index contributed by atoms with van der Waals surface area (Å²) in [7, 11) is 0. The lowest BCUT2D eigenvalue weighted by Crippen LogP contribution is -2.10. The predicted octanol–water partition coefficient (Wildman–Crippen LogP) is 0.469. The molecule has 0 aromatic carbocycles. The van der Waals surface area contributed by atoms with Crippen molar-refractivity contribution in [3.63, 3.8) is 0 Å². The molecule has 1 aromatic rings. The number of primary amides is 1. The Balaban J connectivity index is 3.07. The molecule has 0 aliphatic rings. The van der Waals surface area contributed by atoms with Crippen molar-refractivity contribution in [2.75, 3.05) is 0 Å². The molecule has 0 saturated carbocycles. The zero-order valence-electron chi connectivity index (χ0n) is 5.11. The normalized spacial score (nSPS) is 9.30. The molecule has 1 amide bonds. The third-order valence-electron chi connectivity index (χ3n) is 1.01. The summed E-state index contributed by atoms with van der Waals surface area (Å²) < 4.78 is 0. The lowest BCUT2D eigenvalue weighted by Gasteiger charge is -1.93. The maximum atomic E-state index is 10.5. The molecule has 0 spiro atoms. The van der Waals surface area contributed by atoms with E-state index in [-0.39, 0.29) is 0 Å². The third-order valence-corrected chi connectivity index (χ3v) is 1.25. The molecule has 0 atom stereocenters. The zero-order valence-corrected chi connectivity index (χ0v) is 6.01. The fourth-order valence-corrected chi connectivity index (χ4v) is 0.768. The molecule has 0 radical (unpaired) electrons. The fraction of sp³-hybridized carbons (Fsp3) is 0. The van der Waals surface area contributed by atoms with Crippen LogP contribution in [0.4, 0.5) is 0 Å². The van der Waals surface area contributed by atoms with E-state index in [1.54, 1.807) is 6.07 Å². The van der Waals surface area contributed by atoms with E-state index in [0.29, 0.717) is 10.5 Å². The Kier molecular flexibility index (Phi) is 1.91. The first-order valence-corrected chi connectivity index (χ1v) is 3.08. The second-order valence-corrected chi connectivity index (χ2v) is 2.31. The van der Waals surface area contributed by atoms with Gasteiger partial charge in [-0.15, -0.1) is 12.6 Å². The topological polar surface area (TPSA) is 56.0 Å². The summed E-state index contributed by atoms with van der Waals surface area (Å²) in [6, 6.07) is 1.57. The first-order valence-electron chi connectivity index (χ1n) is 2.64. The predicted molar refractivity (Wildman–Crippen MR) is 40.0 cm³/mol. The molecular weight excluding hydrogens is 148 g/mol. The van der Waals surface area contributed by atoms with Gasteiger partial charge in [0.15, 0.2) is 0 Å². The molecule has 52 valence electrons. The van der Waals surface area contributed by atoms with E-state index in [1.807, 2.05) is 0 Å². The van der Waals surface area contributed by atoms with Gasteiger partial charge in [0.25, 0.3) is 0 Å². The van der Waals surface area contributed by atoms with Gasteiger partial charge in [0.2, 0.25) is 5.91 Å². The summed E-state index contributed by atoms with van der Waals surface area (Å²) in [5, 5.41) is 0. The van der Waals surface area contributed by atoms with Crippen LogP contribution < -0.4 is 5.73 Å². The largest absolute Gasteiger partial charge is 0.366 e. The maximum Gasteiger partial charge on any atom is 0.250 e. The van der Waals surface area contributed by atoms with Crippen LogP contribution in [0.15, 0.2) is 23.4 Å². The fourth-order valence-electron chi connectivity index (χ4n) is 0.563. The first-order chi connectivity index (χ1) is 4.70. The standard InChI is InChI=1S/C6H6N2OS/c7-6(9)4-1-5(10)3-8-2-4/h1-3,10H,(H2,7,9). The minimum atomic E-state index is -0.483. The van der Waals surface area contributed by atoms with Crippen LogP contribution in [0, 0.1) is 0 Å². The summed E-state index contributed by atoms with van der Waals surface area (Å²) in [5.74, 6) is -0.483. The minimum absolute atomic E-state index is 0.382. The number of hydrogen-bond donors (Lipinski definition) is 2. The Morgan fingerprint density at radius 3 is 2.70 bits per heavy atom. The molecule has 3 nitrogen and oxygen atoms in total. The molecule has 0 aliphatic carbocycles. The van der Waals surface area contributed by atoms with Gasteiger partial charge in [-0.2, -0.15) is 0 Å². The van der Waals surface area contributed by atoms with Crippen LogP contribution in [0.2, 0.25) is 0 Å². The second-order valence-electron chi connectivity index (χ2n) is 1.80. The molecule has 1 aromatic heterocycles. The number of carbonyl (C=O) groups is 1. The van der Waals surface area contributed by atoms with E-state index in [9.17, 15) is 4.79 Å². The molecule has 1 rings (SSSR count). The van der Waals surface area contributed by atoms with Crippen molar-refractivity contribution in [3.8, 4) is 0 Å². The van der Waals surface area contributed by atoms with Crippen molar-refractivity contribution >= 4 is 18.5 Å². The van der Waals surface area contributed by atoms with Crippen LogP contribution in [-0.2, 0) is 0 Å². The quantitative estimate of drug-likeness (QED) is 0.578. The van der Waals surface area contributed by atoms with Crippen molar-refractivity contribution < 1.29 is 4.79 Å². The number of amides is 1. The number of nitrogens with two attached hydrogens (primary N) is 1. The molecule has 1 heterocycles. The molecule has 0 saturated heterocycles. The average molecular weight is 154 g/mol. The van der Waals surface area contributed by atoms with Crippen LogP contribution >= 0.6 is 12.6 Å². The Labute approximate surface area is 63.7 Å². The highest BCUT2D eigenvalue weighted by Gasteiger charge is 1.98. The van der Waals surface area contributed by atoms with Gasteiger partial charge in [-0.1, -0.05) is 0 Å². The monoisotopic (exact) mass is 154 g/mol. The SMILES string of the molecule is NC(=O)c1cncc(S)c1. The summed E-state index contributed by atoms with van der Waals surface area (Å²) in [6.45, 7) is 0. The third kappa shape index (κ3) is 1.48. The Morgan fingerprint density at radius 1 is 1.60 bits per heavy atom. The van der Waals surface area contributed by atoms with Gasteiger partial charge in [0.05, 0.1) is 5.56 Å². The average Bonchev–Trinajstić information content (AvgIpc) is 1.88. The van der Waals surface area contributed by atoms with Crippen molar-refractivity contribution in [3.05, 3.63) is 24.0 Å². The van der Waals surface area contributed by atoms with Gasteiger partial charge in [-0.05, 0) is 6.07 Å². The van der Waals surface area contributed by atoms with Crippen LogP contribution in [0.25, 0.3) is 0 Å². The van der Waals surface area contributed by atoms with Gasteiger partial charge >= 0.3 is 0 Å². The summed E-state index contributed by atoms with van der Waals surface area (Å²) in [5.41, 5.74) is 5.35. The van der Waals surface area contributed by atoms with Crippen molar-refractivity contribution in [1.82, 2.24) is 4.98 Å². The highest BCUT2D eigenvalue weighted by molar-refractivity contribution is 7.80. The molecule has 10 heavy (non-hydrogen) atoms. The Hall–Kier alpha value is -1.03. The van der Waals surface area contributed by atoms with Crippen molar-refractivity contribution in [2.24, 2.45) is 5.73 Å². The van der Waals surface area contributed by atoms with Crippen LogP contribution in [0.1, 0.15) is 10.4 Å². The minimum Gasteiger partial charge on any atom is -0.366 e. The molecule has 2 N–H and O–H groups in total. The number of nitrogens with zero attached hydrogens (tertiary/aromatic N) is 1. The maximum absolute atomic E-state index is 10.5. The first kappa shape index (κ1) is 7.08. The van der Waals surface area contributed by atoms with Crippen LogP contribution in [0.3, 0.4) is 0 Å². The van der Waals surface area contributed by atoms with E-state index in [1.165, 1.54) is 12.4 Å². The van der Waals surface area contributed by atoms with Crippen LogP contribution in [-0.4, -0.2) is 10.9 Å². The molecule has 0 bridgehead atoms. The van der Waals surface area contributed by atoms with Gasteiger partial charge in [0.1, 0.15) is 0 Å². The van der Waals surface area contributed by atoms with Gasteiger partial charge in [-0.3, -0.25) is 9.78 Å². The molecule has 0 aliphatic heterocycles. The summed E-state index contributed by atoms with van der Waals surface area (Å²) >= 11 is 3.98. The van der Waals surface area contributed by atoms with E-state index in [0.717, 1.165) is 0 Å². The lowest BCUT2D eigenvalue weighted by atomic mass is 10.3. The van der Waals surface area contributed by atoms with Gasteiger partial charge in [0, 0.05) is 17.3 Å².